The fourth-order valence-electron chi connectivity index (χ4n) is 5.14. The van der Waals surface area contributed by atoms with Crippen LogP contribution in [0.5, 0.6) is 0 Å². The van der Waals surface area contributed by atoms with Gasteiger partial charge in [0.05, 0.1) is 30.1 Å². The van der Waals surface area contributed by atoms with Crippen LogP contribution in [0.3, 0.4) is 0 Å². The maximum Gasteiger partial charge on any atom is 0.328 e. The molecule has 4 heterocycles. The maximum atomic E-state index is 13.1. The standard InChI is InChI=1S/C26H32N6O7/c1-14-11-32(25(36)30-24(14)35)17-13-37-18(23-22(17)38-26(2,3)39-23)10-28-21(34)12-31-16-8-6-5-7-15(16)29-19(31)9-20(33)27-4/h5-8,11,17-18,22-23H,9-10,12-13H2,1-4H3,(H,27,33)(H,28,34)(H,30,35,36)/t17-,18-,22+,23-/m1/s1. The summed E-state index contributed by atoms with van der Waals surface area (Å²) in [6, 6.07) is 6.85. The Morgan fingerprint density at radius 2 is 1.90 bits per heavy atom. The van der Waals surface area contributed by atoms with E-state index >= 15 is 0 Å². The summed E-state index contributed by atoms with van der Waals surface area (Å²) < 4.78 is 21.5. The number of imidazole rings is 1. The Bertz CT molecular complexity index is 1520. The van der Waals surface area contributed by atoms with Crippen molar-refractivity contribution >= 4 is 22.8 Å². The summed E-state index contributed by atoms with van der Waals surface area (Å²) in [6.45, 7) is 5.39. The number of fused-ring (bicyclic) bond motifs is 2. The van der Waals surface area contributed by atoms with Crippen LogP contribution in [0.25, 0.3) is 11.0 Å². The second kappa shape index (κ2) is 10.4. The Hall–Kier alpha value is -3.81. The zero-order chi connectivity index (χ0) is 27.9. The lowest BCUT2D eigenvalue weighted by molar-refractivity contribution is -0.153. The number of aryl methyl sites for hydroxylation is 1. The van der Waals surface area contributed by atoms with Crippen molar-refractivity contribution in [2.24, 2.45) is 0 Å². The van der Waals surface area contributed by atoms with E-state index in [9.17, 15) is 19.2 Å². The number of ether oxygens (including phenoxy) is 3. The van der Waals surface area contributed by atoms with E-state index in [1.807, 2.05) is 24.3 Å². The van der Waals surface area contributed by atoms with Gasteiger partial charge in [0.25, 0.3) is 5.56 Å². The molecule has 39 heavy (non-hydrogen) atoms. The van der Waals surface area contributed by atoms with Crippen molar-refractivity contribution in [2.75, 3.05) is 20.2 Å². The van der Waals surface area contributed by atoms with Crippen molar-refractivity contribution in [1.82, 2.24) is 29.7 Å². The van der Waals surface area contributed by atoms with Gasteiger partial charge in [-0.2, -0.15) is 0 Å². The Labute approximate surface area is 223 Å². The predicted molar refractivity (Wildman–Crippen MR) is 139 cm³/mol. The molecule has 2 saturated heterocycles. The van der Waals surface area contributed by atoms with Gasteiger partial charge in [-0.3, -0.25) is 23.9 Å². The summed E-state index contributed by atoms with van der Waals surface area (Å²) in [4.78, 5) is 56.4. The van der Waals surface area contributed by atoms with Crippen LogP contribution in [-0.2, 0) is 36.8 Å². The van der Waals surface area contributed by atoms with Crippen LogP contribution in [0, 0.1) is 6.92 Å². The molecule has 4 atom stereocenters. The molecule has 2 aromatic heterocycles. The van der Waals surface area contributed by atoms with Crippen molar-refractivity contribution in [2.45, 2.75) is 63.9 Å². The topological polar surface area (TPSA) is 159 Å². The summed E-state index contributed by atoms with van der Waals surface area (Å²) in [6.07, 6.45) is -0.124. The van der Waals surface area contributed by atoms with Gasteiger partial charge in [-0.1, -0.05) is 12.1 Å². The van der Waals surface area contributed by atoms with Crippen LogP contribution in [0.1, 0.15) is 31.3 Å². The normalized spacial score (nSPS) is 23.9. The Morgan fingerprint density at radius 1 is 1.15 bits per heavy atom. The number of para-hydroxylation sites is 2. The van der Waals surface area contributed by atoms with Gasteiger partial charge < -0.3 is 29.4 Å². The molecule has 5 rings (SSSR count). The number of aromatic nitrogens is 4. The Morgan fingerprint density at radius 3 is 2.67 bits per heavy atom. The van der Waals surface area contributed by atoms with Crippen molar-refractivity contribution < 1.29 is 23.8 Å². The van der Waals surface area contributed by atoms with Crippen LogP contribution in [0.2, 0.25) is 0 Å². The van der Waals surface area contributed by atoms with Crippen molar-refractivity contribution in [3.05, 3.63) is 62.7 Å². The van der Waals surface area contributed by atoms with Crippen molar-refractivity contribution in [1.29, 1.82) is 0 Å². The number of likely N-dealkylation sites (N-methyl/N-ethyl adjacent to an activating group) is 1. The quantitative estimate of drug-likeness (QED) is 0.370. The zero-order valence-corrected chi connectivity index (χ0v) is 22.2. The first-order valence-corrected chi connectivity index (χ1v) is 12.8. The molecule has 0 unspecified atom stereocenters. The van der Waals surface area contributed by atoms with Gasteiger partial charge in [-0.25, -0.2) is 9.78 Å². The van der Waals surface area contributed by atoms with E-state index in [1.54, 1.807) is 32.4 Å². The highest BCUT2D eigenvalue weighted by Crippen LogP contribution is 2.39. The molecule has 0 aliphatic carbocycles. The molecule has 208 valence electrons. The van der Waals surface area contributed by atoms with Gasteiger partial charge in [-0.05, 0) is 32.9 Å². The first kappa shape index (κ1) is 26.8. The molecule has 13 nitrogen and oxygen atoms in total. The molecule has 1 aromatic carbocycles. The predicted octanol–water partition coefficient (Wildman–Crippen LogP) is -0.240. The van der Waals surface area contributed by atoms with Gasteiger partial charge in [0.2, 0.25) is 11.8 Å². The summed E-state index contributed by atoms with van der Waals surface area (Å²) in [7, 11) is 1.55. The summed E-state index contributed by atoms with van der Waals surface area (Å²) in [5.74, 6) is -0.946. The third-order valence-corrected chi connectivity index (χ3v) is 7.03. The molecule has 2 amide bonds. The van der Waals surface area contributed by atoms with Gasteiger partial charge >= 0.3 is 5.69 Å². The molecule has 0 saturated carbocycles. The monoisotopic (exact) mass is 540 g/mol. The average Bonchev–Trinajstić information content (AvgIpc) is 3.40. The Kier molecular flexibility index (Phi) is 7.14. The highest BCUT2D eigenvalue weighted by molar-refractivity contribution is 5.83. The van der Waals surface area contributed by atoms with Gasteiger partial charge in [0.1, 0.15) is 30.7 Å². The van der Waals surface area contributed by atoms with E-state index in [2.05, 4.69) is 20.6 Å². The largest absolute Gasteiger partial charge is 0.371 e. The van der Waals surface area contributed by atoms with Crippen LogP contribution in [0.4, 0.5) is 0 Å². The number of hydrogen-bond acceptors (Lipinski definition) is 8. The molecule has 2 aliphatic rings. The van der Waals surface area contributed by atoms with Crippen LogP contribution >= 0.6 is 0 Å². The van der Waals surface area contributed by atoms with E-state index in [4.69, 9.17) is 14.2 Å². The number of aromatic amines is 1. The molecule has 3 aromatic rings. The lowest BCUT2D eigenvalue weighted by Crippen LogP contribution is -2.54. The number of benzene rings is 1. The van der Waals surface area contributed by atoms with Gasteiger partial charge in [0, 0.05) is 25.4 Å². The molecule has 0 bridgehead atoms. The van der Waals surface area contributed by atoms with E-state index in [-0.39, 0.29) is 37.9 Å². The number of carbonyl (C=O) groups is 2. The molecular weight excluding hydrogens is 508 g/mol. The smallest absolute Gasteiger partial charge is 0.328 e. The maximum absolute atomic E-state index is 13.1. The highest BCUT2D eigenvalue weighted by atomic mass is 16.8. The summed E-state index contributed by atoms with van der Waals surface area (Å²) >= 11 is 0. The molecule has 3 N–H and O–H groups in total. The van der Waals surface area contributed by atoms with Crippen LogP contribution in [-0.4, -0.2) is 75.2 Å². The molecule has 2 fully saturated rings. The molecule has 2 aliphatic heterocycles. The van der Waals surface area contributed by atoms with Crippen LogP contribution in [0.15, 0.2) is 40.1 Å². The fourth-order valence-corrected chi connectivity index (χ4v) is 5.14. The van der Waals surface area contributed by atoms with Crippen molar-refractivity contribution in [3.8, 4) is 0 Å². The lowest BCUT2D eigenvalue weighted by Gasteiger charge is -2.37. The first-order chi connectivity index (χ1) is 18.6. The van der Waals surface area contributed by atoms with E-state index in [1.165, 1.54) is 10.8 Å². The third kappa shape index (κ3) is 5.37. The summed E-state index contributed by atoms with van der Waals surface area (Å²) in [5, 5.41) is 5.49. The number of hydrogen-bond donors (Lipinski definition) is 3. The lowest BCUT2D eigenvalue weighted by atomic mass is 9.97. The molecule has 13 heteroatoms. The number of rotatable bonds is 7. The number of H-pyrrole nitrogens is 1. The fraction of sp³-hybridized carbons (Fsp3) is 0.500. The molecule has 0 radical (unpaired) electrons. The second-order valence-electron chi connectivity index (χ2n) is 10.2. The SMILES string of the molecule is CNC(=O)Cc1nc2ccccc2n1CC(=O)NC[C@H]1OC[C@@H](n2cc(C)c(=O)[nH]c2=O)[C@@H]2OC(C)(C)O[C@@H]21. The van der Waals surface area contributed by atoms with Crippen LogP contribution < -0.4 is 21.9 Å². The van der Waals surface area contributed by atoms with E-state index in [0.717, 1.165) is 5.52 Å². The number of nitrogens with zero attached hydrogens (tertiary/aromatic N) is 3. The van der Waals surface area contributed by atoms with E-state index in [0.29, 0.717) is 16.9 Å². The Balaban J connectivity index is 1.31. The second-order valence-corrected chi connectivity index (χ2v) is 10.2. The van der Waals surface area contributed by atoms with Gasteiger partial charge in [0.15, 0.2) is 5.79 Å². The number of nitrogens with one attached hydrogen (secondary N) is 3. The summed E-state index contributed by atoms with van der Waals surface area (Å²) in [5.41, 5.74) is 0.831. The molecule has 0 spiro atoms. The minimum absolute atomic E-state index is 0.0365. The highest BCUT2D eigenvalue weighted by Gasteiger charge is 2.52. The zero-order valence-electron chi connectivity index (χ0n) is 22.2. The third-order valence-electron chi connectivity index (χ3n) is 7.03. The minimum atomic E-state index is -0.936. The average molecular weight is 541 g/mol. The first-order valence-electron chi connectivity index (χ1n) is 12.8. The minimum Gasteiger partial charge on any atom is -0.371 e. The number of amides is 2. The van der Waals surface area contributed by atoms with E-state index < -0.39 is 41.4 Å². The van der Waals surface area contributed by atoms with Crippen molar-refractivity contribution in [3.63, 3.8) is 0 Å². The number of carbonyl (C=O) groups excluding carboxylic acids is 2. The van der Waals surface area contributed by atoms with Gasteiger partial charge in [-0.15, -0.1) is 0 Å². The molecular formula is C26H32N6O7.